The fraction of sp³-hybridized carbons (Fsp3) is 0.188. The van der Waals surface area contributed by atoms with Crippen LogP contribution in [0.5, 0.6) is 0 Å². The first-order chi connectivity index (χ1) is 9.22. The largest absolute Gasteiger partial charge is 0.313 e. The van der Waals surface area contributed by atoms with Gasteiger partial charge in [-0.3, -0.25) is 4.79 Å². The van der Waals surface area contributed by atoms with Crippen LogP contribution >= 0.6 is 0 Å². The van der Waals surface area contributed by atoms with Crippen LogP contribution in [0, 0.1) is 0 Å². The molecule has 0 saturated heterocycles. The molecule has 1 unspecified atom stereocenters. The molecule has 1 aliphatic heterocycles. The van der Waals surface area contributed by atoms with E-state index in [1.165, 1.54) is 5.56 Å². The number of carbonyl (C=O) groups excluding carboxylic acids is 1. The second-order valence-electron chi connectivity index (χ2n) is 4.76. The maximum Gasteiger partial charge on any atom is 0.248 e. The Labute approximate surface area is 112 Å². The summed E-state index contributed by atoms with van der Waals surface area (Å²) in [6.07, 6.45) is 0. The van der Waals surface area contributed by atoms with Gasteiger partial charge in [-0.25, -0.2) is 0 Å². The Morgan fingerprint density at radius 3 is 2.47 bits per heavy atom. The highest BCUT2D eigenvalue weighted by atomic mass is 16.2. The predicted molar refractivity (Wildman–Crippen MR) is 77.1 cm³/mol. The maximum absolute atomic E-state index is 12.1. The Bertz CT molecular complexity index is 622. The second kappa shape index (κ2) is 4.52. The van der Waals surface area contributed by atoms with E-state index in [1.54, 1.807) is 4.90 Å². The van der Waals surface area contributed by atoms with Crippen molar-refractivity contribution in [3.05, 3.63) is 54.1 Å². The van der Waals surface area contributed by atoms with E-state index in [1.807, 2.05) is 38.4 Å². The standard InChI is InChI=1S/C16H16N2O/c1-17-15-13-10-12(11-6-4-3-5-7-11)8-9-14(13)18(2)16(15)19/h3-10,15,17H,1-2H3. The van der Waals surface area contributed by atoms with E-state index in [4.69, 9.17) is 0 Å². The normalized spacial score (nSPS) is 17.7. The summed E-state index contributed by atoms with van der Waals surface area (Å²) in [5, 5.41) is 3.09. The Hall–Kier alpha value is -2.13. The molecule has 0 aromatic heterocycles. The van der Waals surface area contributed by atoms with Gasteiger partial charge in [-0.2, -0.15) is 0 Å². The van der Waals surface area contributed by atoms with Crippen LogP contribution in [0.2, 0.25) is 0 Å². The third-order valence-corrected chi connectivity index (χ3v) is 3.67. The molecule has 2 aromatic carbocycles. The van der Waals surface area contributed by atoms with E-state index in [-0.39, 0.29) is 11.9 Å². The van der Waals surface area contributed by atoms with Gasteiger partial charge in [0.05, 0.1) is 0 Å². The number of nitrogens with zero attached hydrogens (tertiary/aromatic N) is 1. The summed E-state index contributed by atoms with van der Waals surface area (Å²) in [6.45, 7) is 0. The van der Waals surface area contributed by atoms with Gasteiger partial charge in [-0.1, -0.05) is 36.4 Å². The molecule has 19 heavy (non-hydrogen) atoms. The van der Waals surface area contributed by atoms with Crippen LogP contribution < -0.4 is 10.2 Å². The Kier molecular flexibility index (Phi) is 2.84. The molecule has 1 aliphatic rings. The molecule has 0 spiro atoms. The molecule has 3 heteroatoms. The molecule has 0 aliphatic carbocycles. The Morgan fingerprint density at radius 1 is 1.05 bits per heavy atom. The van der Waals surface area contributed by atoms with Crippen LogP contribution in [0.25, 0.3) is 11.1 Å². The highest BCUT2D eigenvalue weighted by molar-refractivity contribution is 6.04. The van der Waals surface area contributed by atoms with E-state index in [9.17, 15) is 4.79 Å². The molecule has 1 N–H and O–H groups in total. The smallest absolute Gasteiger partial charge is 0.248 e. The molecular formula is C16H16N2O. The Balaban J connectivity index is 2.10. The number of hydrogen-bond donors (Lipinski definition) is 1. The summed E-state index contributed by atoms with van der Waals surface area (Å²) in [5.74, 6) is 0.0997. The van der Waals surface area contributed by atoms with Crippen molar-refractivity contribution in [2.45, 2.75) is 6.04 Å². The quantitative estimate of drug-likeness (QED) is 0.891. The number of nitrogens with one attached hydrogen (secondary N) is 1. The molecule has 2 aromatic rings. The summed E-state index contributed by atoms with van der Waals surface area (Å²) in [7, 11) is 3.64. The highest BCUT2D eigenvalue weighted by Crippen LogP contribution is 2.37. The molecule has 3 nitrogen and oxygen atoms in total. The Morgan fingerprint density at radius 2 is 1.79 bits per heavy atom. The summed E-state index contributed by atoms with van der Waals surface area (Å²) in [6, 6.07) is 16.2. The molecule has 3 rings (SSSR count). The molecule has 0 radical (unpaired) electrons. The number of fused-ring (bicyclic) bond motifs is 1. The van der Waals surface area contributed by atoms with E-state index < -0.39 is 0 Å². The average Bonchev–Trinajstić information content (AvgIpc) is 2.71. The number of amides is 1. The number of benzene rings is 2. The molecule has 0 saturated carbocycles. The van der Waals surface area contributed by atoms with Crippen molar-refractivity contribution < 1.29 is 4.79 Å². The topological polar surface area (TPSA) is 32.3 Å². The number of carbonyl (C=O) groups is 1. The zero-order valence-electron chi connectivity index (χ0n) is 11.1. The fourth-order valence-corrected chi connectivity index (χ4v) is 2.63. The van der Waals surface area contributed by atoms with Gasteiger partial charge in [0.1, 0.15) is 6.04 Å². The van der Waals surface area contributed by atoms with Crippen LogP contribution in [0.4, 0.5) is 5.69 Å². The van der Waals surface area contributed by atoms with Crippen molar-refractivity contribution in [1.82, 2.24) is 5.32 Å². The van der Waals surface area contributed by atoms with Crippen molar-refractivity contribution >= 4 is 11.6 Å². The zero-order valence-corrected chi connectivity index (χ0v) is 11.1. The zero-order chi connectivity index (χ0) is 13.4. The summed E-state index contributed by atoms with van der Waals surface area (Å²) < 4.78 is 0. The van der Waals surface area contributed by atoms with Crippen molar-refractivity contribution in [3.8, 4) is 11.1 Å². The first kappa shape index (κ1) is 11.9. The van der Waals surface area contributed by atoms with Crippen LogP contribution in [0.3, 0.4) is 0 Å². The monoisotopic (exact) mass is 252 g/mol. The number of rotatable bonds is 2. The van der Waals surface area contributed by atoms with E-state index in [0.29, 0.717) is 0 Å². The van der Waals surface area contributed by atoms with Gasteiger partial charge in [0.25, 0.3) is 0 Å². The lowest BCUT2D eigenvalue weighted by atomic mass is 10.00. The van der Waals surface area contributed by atoms with Crippen molar-refractivity contribution in [1.29, 1.82) is 0 Å². The molecule has 96 valence electrons. The minimum absolute atomic E-state index is 0.0997. The fourth-order valence-electron chi connectivity index (χ4n) is 2.63. The third-order valence-electron chi connectivity index (χ3n) is 3.67. The lowest BCUT2D eigenvalue weighted by molar-refractivity contribution is -0.119. The van der Waals surface area contributed by atoms with Gasteiger partial charge < -0.3 is 10.2 Å². The van der Waals surface area contributed by atoms with Gasteiger partial charge in [0.15, 0.2) is 0 Å². The highest BCUT2D eigenvalue weighted by Gasteiger charge is 2.33. The van der Waals surface area contributed by atoms with Crippen LogP contribution in [-0.2, 0) is 4.79 Å². The second-order valence-corrected chi connectivity index (χ2v) is 4.76. The van der Waals surface area contributed by atoms with Gasteiger partial charge >= 0.3 is 0 Å². The lowest BCUT2D eigenvalue weighted by Crippen LogP contribution is -2.30. The number of likely N-dealkylation sites (N-methyl/N-ethyl adjacent to an activating group) is 2. The molecule has 1 atom stereocenters. The van der Waals surface area contributed by atoms with E-state index in [0.717, 1.165) is 16.8 Å². The predicted octanol–water partition coefficient (Wildman–Crippen LogP) is 2.59. The van der Waals surface area contributed by atoms with Crippen LogP contribution in [0.15, 0.2) is 48.5 Å². The molecule has 0 fully saturated rings. The van der Waals surface area contributed by atoms with E-state index in [2.05, 4.69) is 29.6 Å². The summed E-state index contributed by atoms with van der Waals surface area (Å²) >= 11 is 0. The minimum Gasteiger partial charge on any atom is -0.313 e. The lowest BCUT2D eigenvalue weighted by Gasteiger charge is -2.10. The summed E-state index contributed by atoms with van der Waals surface area (Å²) in [5.41, 5.74) is 4.35. The van der Waals surface area contributed by atoms with Crippen molar-refractivity contribution in [3.63, 3.8) is 0 Å². The maximum atomic E-state index is 12.1. The minimum atomic E-state index is -0.233. The van der Waals surface area contributed by atoms with Gasteiger partial charge in [0.2, 0.25) is 5.91 Å². The van der Waals surface area contributed by atoms with Crippen LogP contribution in [-0.4, -0.2) is 20.0 Å². The van der Waals surface area contributed by atoms with E-state index >= 15 is 0 Å². The number of hydrogen-bond acceptors (Lipinski definition) is 2. The average molecular weight is 252 g/mol. The molecule has 1 amide bonds. The van der Waals surface area contributed by atoms with Crippen LogP contribution in [0.1, 0.15) is 11.6 Å². The van der Waals surface area contributed by atoms with Gasteiger partial charge in [-0.15, -0.1) is 0 Å². The SMILES string of the molecule is CNC1C(=O)N(C)c2ccc(-c3ccccc3)cc21. The van der Waals surface area contributed by atoms with Crippen molar-refractivity contribution in [2.75, 3.05) is 19.0 Å². The van der Waals surface area contributed by atoms with Crippen molar-refractivity contribution in [2.24, 2.45) is 0 Å². The molecular weight excluding hydrogens is 236 g/mol. The molecule has 1 heterocycles. The molecule has 0 bridgehead atoms. The number of anilines is 1. The first-order valence-electron chi connectivity index (χ1n) is 6.36. The summed E-state index contributed by atoms with van der Waals surface area (Å²) in [4.78, 5) is 13.8. The van der Waals surface area contributed by atoms with Gasteiger partial charge in [-0.05, 0) is 30.3 Å². The third kappa shape index (κ3) is 1.83. The first-order valence-corrected chi connectivity index (χ1v) is 6.36. The van der Waals surface area contributed by atoms with Gasteiger partial charge in [0, 0.05) is 18.3 Å².